The summed E-state index contributed by atoms with van der Waals surface area (Å²) in [6, 6.07) is 1.20. The molecule has 0 bridgehead atoms. The van der Waals surface area contributed by atoms with Crippen molar-refractivity contribution in [1.29, 1.82) is 0 Å². The summed E-state index contributed by atoms with van der Waals surface area (Å²) in [6.45, 7) is 7.66. The number of fused-ring (bicyclic) bond motifs is 1. The highest BCUT2D eigenvalue weighted by Gasteiger charge is 2.70. The quantitative estimate of drug-likeness (QED) is 0.617. The Bertz CT molecular complexity index is 499. The van der Waals surface area contributed by atoms with Gasteiger partial charge in [0.25, 0.3) is 0 Å². The molecule has 4 aliphatic rings. The van der Waals surface area contributed by atoms with Crippen LogP contribution in [-0.4, -0.2) is 73.1 Å². The highest BCUT2D eigenvalue weighted by Crippen LogP contribution is 2.54. The summed E-state index contributed by atoms with van der Waals surface area (Å²) in [5, 5.41) is 3.80. The Hall–Kier alpha value is -0.690. The number of likely N-dealkylation sites (tertiary alicyclic amines) is 2. The Morgan fingerprint density at radius 3 is 2.70 bits per heavy atom. The van der Waals surface area contributed by atoms with Crippen LogP contribution in [0.25, 0.3) is 0 Å². The molecule has 3 unspecified atom stereocenters. The maximum atomic E-state index is 11.5. The van der Waals surface area contributed by atoms with Crippen LogP contribution in [0.4, 0.5) is 0 Å². The average Bonchev–Trinajstić information content (AvgIpc) is 3.22. The number of amides is 1. The maximum Gasteiger partial charge on any atom is 0.238 e. The van der Waals surface area contributed by atoms with Crippen LogP contribution in [-0.2, 0) is 4.79 Å². The van der Waals surface area contributed by atoms with E-state index in [-0.39, 0.29) is 17.7 Å². The first kappa shape index (κ1) is 15.8. The highest BCUT2D eigenvalue weighted by atomic mass is 16.1. The summed E-state index contributed by atoms with van der Waals surface area (Å²) < 4.78 is 0. The predicted molar refractivity (Wildman–Crippen MR) is 89.7 cm³/mol. The van der Waals surface area contributed by atoms with E-state index in [2.05, 4.69) is 29.1 Å². The van der Waals surface area contributed by atoms with E-state index in [0.717, 1.165) is 19.6 Å². The lowest BCUT2D eigenvalue weighted by Crippen LogP contribution is -2.50. The van der Waals surface area contributed by atoms with E-state index in [4.69, 9.17) is 11.5 Å². The standard InChI is InChI=1S/C17H31N5O/c1-11(22-8-12-13(9-22)17(12,19)15(18)23)7-20-14-6-16(14)4-3-5-21(2)10-16/h11-14,20H,3-10,19H2,1-2H3,(H2,18,23)/t11?,12-,13+,14?,16?,17-. The minimum Gasteiger partial charge on any atom is -0.368 e. The van der Waals surface area contributed by atoms with Crippen molar-refractivity contribution in [1.82, 2.24) is 15.1 Å². The van der Waals surface area contributed by atoms with Gasteiger partial charge in [-0.3, -0.25) is 9.69 Å². The van der Waals surface area contributed by atoms with Gasteiger partial charge in [0, 0.05) is 50.1 Å². The minimum absolute atomic E-state index is 0.279. The molecular weight excluding hydrogens is 290 g/mol. The Labute approximate surface area is 138 Å². The van der Waals surface area contributed by atoms with E-state index in [0.29, 0.717) is 17.5 Å². The van der Waals surface area contributed by atoms with Gasteiger partial charge in [0.05, 0.1) is 0 Å². The molecule has 6 heteroatoms. The summed E-state index contributed by atoms with van der Waals surface area (Å²) in [5.41, 5.74) is 11.4. The molecule has 6 nitrogen and oxygen atoms in total. The van der Waals surface area contributed by atoms with Gasteiger partial charge in [0.2, 0.25) is 5.91 Å². The molecule has 1 spiro atoms. The molecule has 2 aliphatic heterocycles. The van der Waals surface area contributed by atoms with Crippen molar-refractivity contribution in [2.75, 3.05) is 39.8 Å². The Balaban J connectivity index is 1.23. The highest BCUT2D eigenvalue weighted by molar-refractivity contribution is 5.89. The van der Waals surface area contributed by atoms with Gasteiger partial charge in [-0.1, -0.05) is 0 Å². The van der Waals surface area contributed by atoms with Crippen molar-refractivity contribution in [3.63, 3.8) is 0 Å². The van der Waals surface area contributed by atoms with Crippen molar-refractivity contribution in [3.05, 3.63) is 0 Å². The number of nitrogens with one attached hydrogen (secondary N) is 1. The molecule has 1 amide bonds. The van der Waals surface area contributed by atoms with Crippen LogP contribution in [0.2, 0.25) is 0 Å². The number of hydrogen-bond donors (Lipinski definition) is 3. The minimum atomic E-state index is -0.711. The molecule has 0 aromatic carbocycles. The summed E-state index contributed by atoms with van der Waals surface area (Å²) in [6.07, 6.45) is 4.06. The number of carbonyl (C=O) groups excluding carboxylic acids is 1. The van der Waals surface area contributed by atoms with Gasteiger partial charge in [-0.25, -0.2) is 0 Å². The van der Waals surface area contributed by atoms with Crippen LogP contribution in [0.5, 0.6) is 0 Å². The van der Waals surface area contributed by atoms with Crippen molar-refractivity contribution in [3.8, 4) is 0 Å². The molecule has 0 aromatic heterocycles. The number of nitrogens with zero attached hydrogens (tertiary/aromatic N) is 2. The second-order valence-electron chi connectivity index (χ2n) is 8.68. The lowest BCUT2D eigenvalue weighted by molar-refractivity contribution is -0.121. The number of primary amides is 1. The van der Waals surface area contributed by atoms with Gasteiger partial charge in [-0.2, -0.15) is 0 Å². The first-order valence-electron chi connectivity index (χ1n) is 9.11. The van der Waals surface area contributed by atoms with Gasteiger partial charge < -0.3 is 21.7 Å². The van der Waals surface area contributed by atoms with Crippen LogP contribution >= 0.6 is 0 Å². The largest absolute Gasteiger partial charge is 0.368 e. The van der Waals surface area contributed by atoms with Gasteiger partial charge in [-0.05, 0) is 45.2 Å². The third-order valence-electron chi connectivity index (χ3n) is 7.16. The lowest BCUT2D eigenvalue weighted by atomic mass is 9.94. The molecule has 5 N–H and O–H groups in total. The molecule has 23 heavy (non-hydrogen) atoms. The predicted octanol–water partition coefficient (Wildman–Crippen LogP) is -0.807. The zero-order valence-corrected chi connectivity index (χ0v) is 14.4. The van der Waals surface area contributed by atoms with Crippen LogP contribution in [0, 0.1) is 17.3 Å². The Morgan fingerprint density at radius 2 is 2.09 bits per heavy atom. The zero-order chi connectivity index (χ0) is 16.4. The molecule has 0 aromatic rings. The second-order valence-corrected chi connectivity index (χ2v) is 8.68. The summed E-state index contributed by atoms with van der Waals surface area (Å²) in [5.74, 6) is 0.239. The van der Waals surface area contributed by atoms with Gasteiger partial charge in [0.15, 0.2) is 0 Å². The van der Waals surface area contributed by atoms with Crippen molar-refractivity contribution < 1.29 is 4.79 Å². The normalized spacial score (nSPS) is 47.5. The third kappa shape index (κ3) is 2.42. The monoisotopic (exact) mass is 321 g/mol. The molecule has 4 fully saturated rings. The fourth-order valence-electron chi connectivity index (χ4n) is 5.35. The zero-order valence-electron chi connectivity index (χ0n) is 14.4. The third-order valence-corrected chi connectivity index (χ3v) is 7.16. The van der Waals surface area contributed by atoms with E-state index in [1.165, 1.54) is 32.4 Å². The van der Waals surface area contributed by atoms with E-state index in [1.54, 1.807) is 0 Å². The Kier molecular flexibility index (Phi) is 3.54. The molecule has 0 radical (unpaired) electrons. The van der Waals surface area contributed by atoms with Gasteiger partial charge >= 0.3 is 0 Å². The van der Waals surface area contributed by atoms with Crippen molar-refractivity contribution in [2.24, 2.45) is 28.7 Å². The van der Waals surface area contributed by atoms with Crippen molar-refractivity contribution >= 4 is 5.91 Å². The van der Waals surface area contributed by atoms with Crippen LogP contribution in [0.1, 0.15) is 26.2 Å². The number of rotatable bonds is 5. The van der Waals surface area contributed by atoms with Gasteiger partial charge in [-0.15, -0.1) is 0 Å². The smallest absolute Gasteiger partial charge is 0.238 e. The van der Waals surface area contributed by atoms with Crippen LogP contribution < -0.4 is 16.8 Å². The van der Waals surface area contributed by atoms with Crippen molar-refractivity contribution in [2.45, 2.75) is 43.8 Å². The molecule has 4 rings (SSSR count). The summed E-state index contributed by atoms with van der Waals surface area (Å²) >= 11 is 0. The Morgan fingerprint density at radius 1 is 1.39 bits per heavy atom. The topological polar surface area (TPSA) is 87.6 Å². The van der Waals surface area contributed by atoms with E-state index in [1.807, 2.05) is 0 Å². The fraction of sp³-hybridized carbons (Fsp3) is 0.941. The molecule has 2 saturated carbocycles. The molecule has 6 atom stereocenters. The van der Waals surface area contributed by atoms with Crippen LogP contribution in [0.15, 0.2) is 0 Å². The average molecular weight is 321 g/mol. The summed E-state index contributed by atoms with van der Waals surface area (Å²) in [7, 11) is 2.24. The maximum absolute atomic E-state index is 11.5. The molecule has 2 saturated heterocycles. The molecule has 2 aliphatic carbocycles. The van der Waals surface area contributed by atoms with E-state index < -0.39 is 5.54 Å². The summed E-state index contributed by atoms with van der Waals surface area (Å²) in [4.78, 5) is 16.4. The van der Waals surface area contributed by atoms with E-state index >= 15 is 0 Å². The second kappa shape index (κ2) is 5.15. The molecule has 2 heterocycles. The molecular formula is C17H31N5O. The van der Waals surface area contributed by atoms with Gasteiger partial charge in [0.1, 0.15) is 5.54 Å². The fourth-order valence-corrected chi connectivity index (χ4v) is 5.35. The number of piperidine rings is 2. The first-order chi connectivity index (χ1) is 10.9. The molecule has 130 valence electrons. The van der Waals surface area contributed by atoms with Crippen LogP contribution in [0.3, 0.4) is 0 Å². The SMILES string of the molecule is CC(CNC1CC12CCCN(C)C2)N1C[C@@H]2[C@H](C1)[C@@]2(N)C(N)=O. The number of nitrogens with two attached hydrogens (primary N) is 2. The first-order valence-corrected chi connectivity index (χ1v) is 9.11. The number of carbonyl (C=O) groups is 1. The van der Waals surface area contributed by atoms with E-state index in [9.17, 15) is 4.79 Å². The number of hydrogen-bond acceptors (Lipinski definition) is 5. The lowest BCUT2D eigenvalue weighted by Gasteiger charge is -2.32.